The van der Waals surface area contributed by atoms with Gasteiger partial charge in [-0.25, -0.2) is 4.79 Å². The maximum atomic E-state index is 12.6. The van der Waals surface area contributed by atoms with Crippen molar-refractivity contribution in [2.45, 2.75) is 19.8 Å². The lowest BCUT2D eigenvalue weighted by Crippen LogP contribution is -2.28. The van der Waals surface area contributed by atoms with E-state index in [1.807, 2.05) is 32.0 Å². The van der Waals surface area contributed by atoms with Crippen LogP contribution in [0.4, 0.5) is 28.8 Å². The number of ether oxygens (including phenoxy) is 1. The van der Waals surface area contributed by atoms with E-state index in [0.717, 1.165) is 5.69 Å². The molecule has 11 heteroatoms. The summed E-state index contributed by atoms with van der Waals surface area (Å²) in [5.41, 5.74) is 7.08. The van der Waals surface area contributed by atoms with Crippen molar-refractivity contribution in [2.75, 3.05) is 60.1 Å². The van der Waals surface area contributed by atoms with E-state index in [9.17, 15) is 14.4 Å². The van der Waals surface area contributed by atoms with Crippen molar-refractivity contribution in [2.24, 2.45) is 0 Å². The first-order chi connectivity index (χ1) is 14.8. The Kier molecular flexibility index (Phi) is 6.63. The molecule has 0 unspecified atom stereocenters. The van der Waals surface area contributed by atoms with E-state index in [0.29, 0.717) is 49.0 Å². The molecule has 1 amide bonds. The summed E-state index contributed by atoms with van der Waals surface area (Å²) >= 11 is 0. The van der Waals surface area contributed by atoms with Crippen LogP contribution in [0.2, 0.25) is 0 Å². The number of carbonyl (C=O) groups is 2. The number of fused-ring (bicyclic) bond motifs is 1. The lowest BCUT2D eigenvalue weighted by molar-refractivity contribution is -0.116. The van der Waals surface area contributed by atoms with Crippen LogP contribution in [-0.2, 0) is 9.53 Å². The Morgan fingerprint density at radius 3 is 2.84 bits per heavy atom. The first-order valence-electron chi connectivity index (χ1n) is 9.97. The average molecular weight is 429 g/mol. The molecule has 11 nitrogen and oxygen atoms in total. The average Bonchev–Trinajstić information content (AvgIpc) is 3.13. The molecule has 0 radical (unpaired) electrons. The van der Waals surface area contributed by atoms with Gasteiger partial charge in [-0.3, -0.25) is 14.6 Å². The standard InChI is InChI=1S/C20H27N7O4/c1-4-9-31-19(30)13-10-12(26(2)3)5-6-14(13)23-15(28)7-8-27-11-22-16-17(27)24-20(21)25-18(16)29/h5-6,10,22H,4,7-9,11H2,1-3H3,(H,23,28)(H3,21,24,25,29). The second-order valence-electron chi connectivity index (χ2n) is 7.31. The zero-order valence-corrected chi connectivity index (χ0v) is 17.8. The predicted molar refractivity (Wildman–Crippen MR) is 120 cm³/mol. The smallest absolute Gasteiger partial charge is 0.340 e. The number of amides is 1. The van der Waals surface area contributed by atoms with Gasteiger partial charge in [0.2, 0.25) is 11.9 Å². The third-order valence-electron chi connectivity index (χ3n) is 4.72. The molecule has 5 N–H and O–H groups in total. The molecule has 1 aliphatic heterocycles. The van der Waals surface area contributed by atoms with Crippen molar-refractivity contribution >= 4 is 40.7 Å². The lowest BCUT2D eigenvalue weighted by Gasteiger charge is -2.18. The summed E-state index contributed by atoms with van der Waals surface area (Å²) < 4.78 is 5.26. The number of hydrogen-bond acceptors (Lipinski definition) is 9. The highest BCUT2D eigenvalue weighted by atomic mass is 16.5. The van der Waals surface area contributed by atoms with Gasteiger partial charge in [0, 0.05) is 32.7 Å². The van der Waals surface area contributed by atoms with Gasteiger partial charge in [0.1, 0.15) is 5.69 Å². The maximum Gasteiger partial charge on any atom is 0.340 e. The van der Waals surface area contributed by atoms with Gasteiger partial charge in [-0.05, 0) is 24.6 Å². The Bertz CT molecular complexity index is 1030. The highest BCUT2D eigenvalue weighted by Gasteiger charge is 2.24. The fraction of sp³-hybridized carbons (Fsp3) is 0.400. The van der Waals surface area contributed by atoms with Crippen LogP contribution < -0.4 is 31.7 Å². The normalized spacial score (nSPS) is 12.2. The van der Waals surface area contributed by atoms with Gasteiger partial charge in [-0.2, -0.15) is 4.98 Å². The Morgan fingerprint density at radius 1 is 1.35 bits per heavy atom. The largest absolute Gasteiger partial charge is 0.462 e. The minimum atomic E-state index is -0.488. The highest BCUT2D eigenvalue weighted by molar-refractivity contribution is 6.02. The number of H-pyrrole nitrogens is 1. The zero-order valence-electron chi connectivity index (χ0n) is 17.8. The first kappa shape index (κ1) is 21.9. The monoisotopic (exact) mass is 429 g/mol. The van der Waals surface area contributed by atoms with Gasteiger partial charge in [0.15, 0.2) is 5.82 Å². The Balaban J connectivity index is 1.70. The molecule has 1 aromatic heterocycles. The highest BCUT2D eigenvalue weighted by Crippen LogP contribution is 2.26. The second kappa shape index (κ2) is 9.37. The molecule has 1 aromatic carbocycles. The molecule has 0 saturated carbocycles. The molecular weight excluding hydrogens is 402 g/mol. The van der Waals surface area contributed by atoms with Gasteiger partial charge in [-0.1, -0.05) is 6.92 Å². The Labute approximate surface area is 179 Å². The molecule has 166 valence electrons. The summed E-state index contributed by atoms with van der Waals surface area (Å²) in [7, 11) is 3.73. The number of rotatable bonds is 8. The molecule has 0 aliphatic carbocycles. The molecular formula is C20H27N7O4. The quantitative estimate of drug-likeness (QED) is 0.455. The Morgan fingerprint density at radius 2 is 2.13 bits per heavy atom. The molecule has 31 heavy (non-hydrogen) atoms. The molecule has 0 fully saturated rings. The van der Waals surface area contributed by atoms with E-state index in [1.165, 1.54) is 0 Å². The van der Waals surface area contributed by atoms with Gasteiger partial charge < -0.3 is 30.9 Å². The third-order valence-corrected chi connectivity index (χ3v) is 4.72. The van der Waals surface area contributed by atoms with Crippen molar-refractivity contribution in [3.8, 4) is 0 Å². The predicted octanol–water partition coefficient (Wildman–Crippen LogP) is 1.20. The topological polar surface area (TPSA) is 146 Å². The van der Waals surface area contributed by atoms with Crippen molar-refractivity contribution < 1.29 is 14.3 Å². The fourth-order valence-electron chi connectivity index (χ4n) is 3.11. The van der Waals surface area contributed by atoms with Crippen LogP contribution in [0.1, 0.15) is 30.1 Å². The maximum absolute atomic E-state index is 12.6. The number of esters is 1. The molecule has 1 aliphatic rings. The van der Waals surface area contributed by atoms with Crippen LogP contribution in [-0.4, -0.2) is 55.8 Å². The van der Waals surface area contributed by atoms with Crippen LogP contribution >= 0.6 is 0 Å². The fourth-order valence-corrected chi connectivity index (χ4v) is 3.11. The minimum absolute atomic E-state index is 0.0121. The van der Waals surface area contributed by atoms with Gasteiger partial charge >= 0.3 is 5.97 Å². The summed E-state index contributed by atoms with van der Waals surface area (Å²) in [5.74, 6) is -0.350. The van der Waals surface area contributed by atoms with Crippen LogP contribution in [0.5, 0.6) is 0 Å². The number of hydrogen-bond donors (Lipinski definition) is 4. The van der Waals surface area contributed by atoms with E-state index >= 15 is 0 Å². The van der Waals surface area contributed by atoms with E-state index in [2.05, 4.69) is 20.6 Å². The van der Waals surface area contributed by atoms with Gasteiger partial charge in [-0.15, -0.1) is 0 Å². The molecule has 0 saturated heterocycles. The number of nitrogen functional groups attached to an aromatic ring is 1. The third kappa shape index (κ3) is 5.05. The van der Waals surface area contributed by atoms with Crippen LogP contribution in [0, 0.1) is 0 Å². The number of carbonyl (C=O) groups excluding carboxylic acids is 2. The van der Waals surface area contributed by atoms with Gasteiger partial charge in [0.25, 0.3) is 5.56 Å². The van der Waals surface area contributed by atoms with E-state index in [4.69, 9.17) is 10.5 Å². The SMILES string of the molecule is CCCOC(=O)c1cc(N(C)C)ccc1NC(=O)CCN1CNc2c1nc(N)[nH]c2=O. The second-order valence-corrected chi connectivity index (χ2v) is 7.31. The van der Waals surface area contributed by atoms with Crippen LogP contribution in [0.3, 0.4) is 0 Å². The van der Waals surface area contributed by atoms with Crippen molar-refractivity contribution in [3.63, 3.8) is 0 Å². The van der Waals surface area contributed by atoms with E-state index in [1.54, 1.807) is 17.0 Å². The van der Waals surface area contributed by atoms with Crippen molar-refractivity contribution in [3.05, 3.63) is 34.1 Å². The number of nitrogens with two attached hydrogens (primary N) is 1. The minimum Gasteiger partial charge on any atom is -0.462 e. The molecule has 0 spiro atoms. The summed E-state index contributed by atoms with van der Waals surface area (Å²) in [6, 6.07) is 5.18. The number of benzene rings is 1. The number of nitrogens with zero attached hydrogens (tertiary/aromatic N) is 3. The van der Waals surface area contributed by atoms with Crippen molar-refractivity contribution in [1.29, 1.82) is 0 Å². The number of nitrogens with one attached hydrogen (secondary N) is 3. The molecule has 0 bridgehead atoms. The molecule has 2 heterocycles. The van der Waals surface area contributed by atoms with Crippen molar-refractivity contribution in [1.82, 2.24) is 9.97 Å². The van der Waals surface area contributed by atoms with E-state index < -0.39 is 5.97 Å². The summed E-state index contributed by atoms with van der Waals surface area (Å²) in [6.07, 6.45) is 0.821. The first-order valence-corrected chi connectivity index (χ1v) is 9.97. The van der Waals surface area contributed by atoms with E-state index in [-0.39, 0.29) is 23.8 Å². The van der Waals surface area contributed by atoms with Gasteiger partial charge in [0.05, 0.1) is 24.5 Å². The lowest BCUT2D eigenvalue weighted by atomic mass is 10.1. The molecule has 0 atom stereocenters. The molecule has 2 aromatic rings. The zero-order chi connectivity index (χ0) is 22.5. The van der Waals surface area contributed by atoms with Crippen LogP contribution in [0.15, 0.2) is 23.0 Å². The number of aromatic nitrogens is 2. The summed E-state index contributed by atoms with van der Waals surface area (Å²) in [4.78, 5) is 47.2. The van der Waals surface area contributed by atoms with Crippen LogP contribution in [0.25, 0.3) is 0 Å². The number of anilines is 5. The number of aromatic amines is 1. The summed E-state index contributed by atoms with van der Waals surface area (Å²) in [5, 5.41) is 5.73. The Hall–Kier alpha value is -3.76. The molecule has 3 rings (SSSR count). The summed E-state index contributed by atoms with van der Waals surface area (Å²) in [6.45, 7) is 2.87.